The maximum atomic E-state index is 9.33. The van der Waals surface area contributed by atoms with Gasteiger partial charge in [0.1, 0.15) is 7.85 Å². The lowest BCUT2D eigenvalue weighted by Gasteiger charge is -2.22. The molecule has 0 aromatic heterocycles. The summed E-state index contributed by atoms with van der Waals surface area (Å²) in [7, 11) is 1.91. The molecule has 0 bridgehead atoms. The van der Waals surface area contributed by atoms with Gasteiger partial charge in [0.05, 0.1) is 11.7 Å². The van der Waals surface area contributed by atoms with Crippen LogP contribution < -0.4 is 0 Å². The number of rotatable bonds is 3. The number of hydrogen-bond acceptors (Lipinski definition) is 2. The molecule has 0 rings (SSSR count). The fourth-order valence-corrected chi connectivity index (χ4v) is 0.781. The van der Waals surface area contributed by atoms with Crippen LogP contribution in [0.15, 0.2) is 0 Å². The van der Waals surface area contributed by atoms with Gasteiger partial charge in [-0.3, -0.25) is 0 Å². The molecule has 0 spiro atoms. The van der Waals surface area contributed by atoms with Gasteiger partial charge in [0.2, 0.25) is 0 Å². The molecular formula is C6H15BO2. The van der Waals surface area contributed by atoms with E-state index in [1.54, 1.807) is 13.8 Å². The van der Waals surface area contributed by atoms with Crippen LogP contribution in [-0.2, 0) is 0 Å². The Balaban J connectivity index is 3.58. The summed E-state index contributed by atoms with van der Waals surface area (Å²) >= 11 is 0. The molecule has 2 N–H and O–H groups in total. The molecule has 2 atom stereocenters. The van der Waals surface area contributed by atoms with Crippen molar-refractivity contribution in [3.63, 3.8) is 0 Å². The summed E-state index contributed by atoms with van der Waals surface area (Å²) in [5, 5.41) is 18.2. The van der Waals surface area contributed by atoms with Gasteiger partial charge in [0.25, 0.3) is 0 Å². The molecule has 0 fully saturated rings. The fraction of sp³-hybridized carbons (Fsp3) is 1.00. The summed E-state index contributed by atoms with van der Waals surface area (Å²) in [4.78, 5) is 0. The van der Waals surface area contributed by atoms with Crippen molar-refractivity contribution in [3.8, 4) is 0 Å². The van der Waals surface area contributed by atoms with Crippen molar-refractivity contribution in [2.45, 2.75) is 38.3 Å². The smallest absolute Gasteiger partial charge is 0.105 e. The molecule has 0 aliphatic heterocycles. The van der Waals surface area contributed by atoms with E-state index in [9.17, 15) is 5.11 Å². The Hall–Kier alpha value is -0.0151. The van der Waals surface area contributed by atoms with E-state index in [0.29, 0.717) is 12.7 Å². The van der Waals surface area contributed by atoms with Gasteiger partial charge in [-0.2, -0.15) is 0 Å². The molecule has 2 nitrogen and oxygen atoms in total. The predicted octanol–water partition coefficient (Wildman–Crippen LogP) is -0.440. The molecule has 0 saturated carbocycles. The molecule has 0 aromatic carbocycles. The van der Waals surface area contributed by atoms with Crippen LogP contribution in [0.4, 0.5) is 0 Å². The highest BCUT2D eigenvalue weighted by molar-refractivity contribution is 6.09. The molecule has 0 radical (unpaired) electrons. The Morgan fingerprint density at radius 3 is 2.22 bits per heavy atom. The van der Waals surface area contributed by atoms with Crippen molar-refractivity contribution < 1.29 is 10.2 Å². The molecular weight excluding hydrogens is 115 g/mol. The van der Waals surface area contributed by atoms with E-state index in [4.69, 9.17) is 5.11 Å². The van der Waals surface area contributed by atoms with Gasteiger partial charge in [-0.1, -0.05) is 6.32 Å². The van der Waals surface area contributed by atoms with E-state index in [-0.39, 0.29) is 0 Å². The minimum Gasteiger partial charge on any atom is -0.393 e. The van der Waals surface area contributed by atoms with Crippen LogP contribution in [-0.4, -0.2) is 29.8 Å². The molecule has 0 aromatic rings. The minimum atomic E-state index is -0.686. The Labute approximate surface area is 57.3 Å². The summed E-state index contributed by atoms with van der Waals surface area (Å²) in [6.07, 6.45) is 0.751. The van der Waals surface area contributed by atoms with E-state index in [2.05, 4.69) is 0 Å². The lowest BCUT2D eigenvalue weighted by Crippen LogP contribution is -2.27. The Kier molecular flexibility index (Phi) is 3.22. The van der Waals surface area contributed by atoms with Gasteiger partial charge in [-0.15, -0.1) is 0 Å². The molecule has 2 unspecified atom stereocenters. The zero-order chi connectivity index (χ0) is 7.49. The Morgan fingerprint density at radius 1 is 1.67 bits per heavy atom. The molecule has 0 saturated heterocycles. The van der Waals surface area contributed by atoms with Gasteiger partial charge in [-0.25, -0.2) is 0 Å². The first-order valence-corrected chi connectivity index (χ1v) is 3.38. The largest absolute Gasteiger partial charge is 0.393 e. The van der Waals surface area contributed by atoms with E-state index < -0.39 is 11.7 Å². The molecule has 54 valence electrons. The monoisotopic (exact) mass is 130 g/mol. The first-order valence-electron chi connectivity index (χ1n) is 3.38. The molecule has 0 amide bonds. The van der Waals surface area contributed by atoms with E-state index in [1.807, 2.05) is 7.85 Å². The second kappa shape index (κ2) is 3.23. The van der Waals surface area contributed by atoms with Gasteiger partial charge >= 0.3 is 0 Å². The van der Waals surface area contributed by atoms with Crippen LogP contribution in [0.1, 0.15) is 20.3 Å². The van der Waals surface area contributed by atoms with Crippen LogP contribution in [0.2, 0.25) is 6.32 Å². The summed E-state index contributed by atoms with van der Waals surface area (Å²) in [6, 6.07) is 0. The molecule has 0 aliphatic rings. The summed E-state index contributed by atoms with van der Waals surface area (Å²) < 4.78 is 0. The highest BCUT2D eigenvalue weighted by Crippen LogP contribution is 2.14. The maximum Gasteiger partial charge on any atom is 0.105 e. The lowest BCUT2D eigenvalue weighted by molar-refractivity contribution is 0.0254. The average molecular weight is 130 g/mol. The number of aliphatic hydroxyl groups excluding tert-OH is 1. The van der Waals surface area contributed by atoms with Gasteiger partial charge in [0, 0.05) is 6.42 Å². The van der Waals surface area contributed by atoms with Gasteiger partial charge in [-0.05, 0) is 13.8 Å². The highest BCUT2D eigenvalue weighted by Gasteiger charge is 2.18. The van der Waals surface area contributed by atoms with E-state index in [0.717, 1.165) is 0 Å². The van der Waals surface area contributed by atoms with Crippen LogP contribution in [0.3, 0.4) is 0 Å². The summed E-state index contributed by atoms with van der Waals surface area (Å²) in [5.74, 6) is 0. The number of aliphatic hydroxyl groups is 2. The third-order valence-electron chi connectivity index (χ3n) is 1.50. The minimum absolute atomic E-state index is 0.403. The molecule has 0 aliphatic carbocycles. The van der Waals surface area contributed by atoms with Crippen LogP contribution in [0.5, 0.6) is 0 Å². The predicted molar refractivity (Wildman–Crippen MR) is 40.3 cm³/mol. The number of hydrogen-bond donors (Lipinski definition) is 2. The third-order valence-corrected chi connectivity index (χ3v) is 1.50. The Bertz CT molecular complexity index is 81.1. The van der Waals surface area contributed by atoms with Crippen molar-refractivity contribution in [2.75, 3.05) is 0 Å². The van der Waals surface area contributed by atoms with Gasteiger partial charge < -0.3 is 10.2 Å². The van der Waals surface area contributed by atoms with Crippen LogP contribution in [0, 0.1) is 0 Å². The third kappa shape index (κ3) is 4.49. The Morgan fingerprint density at radius 2 is 2.11 bits per heavy atom. The first-order chi connectivity index (χ1) is 3.98. The van der Waals surface area contributed by atoms with Crippen LogP contribution >= 0.6 is 0 Å². The van der Waals surface area contributed by atoms with Crippen LogP contribution in [0.25, 0.3) is 0 Å². The van der Waals surface area contributed by atoms with Crippen molar-refractivity contribution in [2.24, 2.45) is 0 Å². The zero-order valence-corrected chi connectivity index (χ0v) is 6.39. The topological polar surface area (TPSA) is 40.5 Å². The summed E-state index contributed by atoms with van der Waals surface area (Å²) in [6.45, 7) is 3.42. The van der Waals surface area contributed by atoms with Gasteiger partial charge in [0.15, 0.2) is 0 Å². The van der Waals surface area contributed by atoms with E-state index >= 15 is 0 Å². The standard InChI is InChI=1S/C6H15BO2/c1-5(8)3-6(2,9)4-7/h5,8-9H,3-4,7H2,1-2H3. The first kappa shape index (κ1) is 8.98. The molecule has 3 heteroatoms. The van der Waals surface area contributed by atoms with Crippen molar-refractivity contribution in [1.29, 1.82) is 0 Å². The summed E-state index contributed by atoms with van der Waals surface area (Å²) in [5.41, 5.74) is -0.686. The second-order valence-corrected chi connectivity index (χ2v) is 2.90. The van der Waals surface area contributed by atoms with E-state index in [1.165, 1.54) is 0 Å². The molecule has 0 heterocycles. The SMILES string of the molecule is BCC(C)(O)CC(C)O. The van der Waals surface area contributed by atoms with Crippen molar-refractivity contribution in [3.05, 3.63) is 0 Å². The quantitative estimate of drug-likeness (QED) is 0.508. The lowest BCUT2D eigenvalue weighted by atomic mass is 9.85. The second-order valence-electron chi connectivity index (χ2n) is 2.90. The van der Waals surface area contributed by atoms with Crippen molar-refractivity contribution >= 4 is 7.85 Å². The normalized spacial score (nSPS) is 20.9. The van der Waals surface area contributed by atoms with Crippen molar-refractivity contribution in [1.82, 2.24) is 0 Å². The molecule has 9 heavy (non-hydrogen) atoms. The highest BCUT2D eigenvalue weighted by atomic mass is 16.3. The average Bonchev–Trinajstić information content (AvgIpc) is 1.63. The zero-order valence-electron chi connectivity index (χ0n) is 6.39. The maximum absolute atomic E-state index is 9.33. The fourth-order valence-electron chi connectivity index (χ4n) is 0.781.